The van der Waals surface area contributed by atoms with Gasteiger partial charge in [0, 0.05) is 12.7 Å². The molecule has 16 heavy (non-hydrogen) atoms. The van der Waals surface area contributed by atoms with Gasteiger partial charge in [-0.15, -0.1) is 0 Å². The van der Waals surface area contributed by atoms with Gasteiger partial charge in [-0.25, -0.2) is 4.39 Å². The van der Waals surface area contributed by atoms with Gasteiger partial charge in [0.05, 0.1) is 23.9 Å². The molecule has 0 radical (unpaired) electrons. The second kappa shape index (κ2) is 4.89. The minimum absolute atomic E-state index is 0.0876. The molecule has 0 spiro atoms. The third-order valence-corrected chi connectivity index (χ3v) is 2.60. The molecule has 0 saturated heterocycles. The Morgan fingerprint density at radius 3 is 3.19 bits per heavy atom. The molecule has 0 saturated carbocycles. The lowest BCUT2D eigenvalue weighted by Gasteiger charge is -2.27. The van der Waals surface area contributed by atoms with Gasteiger partial charge in [0.15, 0.2) is 5.75 Å². The third-order valence-electron chi connectivity index (χ3n) is 2.32. The highest BCUT2D eigenvalue weighted by atomic mass is 35.5. The smallest absolute Gasteiger partial charge is 0.161 e. The average molecular weight is 246 g/mol. The quantitative estimate of drug-likeness (QED) is 0.888. The van der Waals surface area contributed by atoms with Gasteiger partial charge in [-0.3, -0.25) is 0 Å². The molecule has 5 heteroatoms. The van der Waals surface area contributed by atoms with Crippen molar-refractivity contribution in [3.63, 3.8) is 0 Å². The van der Waals surface area contributed by atoms with Crippen LogP contribution >= 0.6 is 11.6 Å². The van der Waals surface area contributed by atoms with Crippen molar-refractivity contribution in [3.05, 3.63) is 23.0 Å². The van der Waals surface area contributed by atoms with E-state index in [0.29, 0.717) is 31.2 Å². The maximum absolute atomic E-state index is 13.1. The molecule has 0 aliphatic carbocycles. The number of benzene rings is 1. The molecule has 1 heterocycles. The first-order chi connectivity index (χ1) is 7.70. The lowest BCUT2D eigenvalue weighted by atomic mass is 10.2. The molecule has 3 nitrogen and oxygen atoms in total. The van der Waals surface area contributed by atoms with Crippen LogP contribution in [0.15, 0.2) is 12.1 Å². The Balaban J connectivity index is 2.14. The van der Waals surface area contributed by atoms with Gasteiger partial charge < -0.3 is 14.8 Å². The first kappa shape index (κ1) is 11.5. The summed E-state index contributed by atoms with van der Waals surface area (Å²) in [4.78, 5) is 0. The average Bonchev–Trinajstić information content (AvgIpc) is 2.26. The molecule has 0 aromatic heterocycles. The first-order valence-corrected chi connectivity index (χ1v) is 5.55. The van der Waals surface area contributed by atoms with Gasteiger partial charge in [0.1, 0.15) is 11.9 Å². The van der Waals surface area contributed by atoms with Crippen molar-refractivity contribution in [2.24, 2.45) is 0 Å². The summed E-state index contributed by atoms with van der Waals surface area (Å²) in [6, 6.07) is 2.61. The molecule has 1 unspecified atom stereocenters. The maximum atomic E-state index is 13.1. The van der Waals surface area contributed by atoms with E-state index in [4.69, 9.17) is 21.1 Å². The Morgan fingerprint density at radius 1 is 1.62 bits per heavy atom. The zero-order chi connectivity index (χ0) is 11.5. The summed E-state index contributed by atoms with van der Waals surface area (Å²) in [5.41, 5.74) is 0.595. The van der Waals surface area contributed by atoms with Gasteiger partial charge >= 0.3 is 0 Å². The highest BCUT2D eigenvalue weighted by Gasteiger charge is 2.22. The summed E-state index contributed by atoms with van der Waals surface area (Å²) in [6.45, 7) is 3.65. The molecule has 0 fully saturated rings. The number of anilines is 1. The highest BCUT2D eigenvalue weighted by Crippen LogP contribution is 2.37. The van der Waals surface area contributed by atoms with Gasteiger partial charge in [-0.2, -0.15) is 0 Å². The summed E-state index contributed by atoms with van der Waals surface area (Å²) in [7, 11) is 0. The Hall–Kier alpha value is -1.00. The van der Waals surface area contributed by atoms with Crippen LogP contribution in [0, 0.1) is 5.82 Å². The molecule has 1 N–H and O–H groups in total. The van der Waals surface area contributed by atoms with E-state index in [1.807, 2.05) is 6.92 Å². The van der Waals surface area contributed by atoms with Gasteiger partial charge in [0.2, 0.25) is 0 Å². The monoisotopic (exact) mass is 245 g/mol. The van der Waals surface area contributed by atoms with Crippen LogP contribution in [0.3, 0.4) is 0 Å². The fraction of sp³-hybridized carbons (Fsp3) is 0.455. The Labute approximate surface area is 98.5 Å². The number of halogens is 2. The zero-order valence-corrected chi connectivity index (χ0v) is 9.68. The molecule has 2 rings (SSSR count). The number of ether oxygens (including phenoxy) is 2. The standard InChI is InChI=1S/C11H13ClFNO2/c1-2-15-6-8-5-14-10-4-7(13)3-9(12)11(10)16-8/h3-4,8,14H,2,5-6H2,1H3. The number of hydrogen-bond donors (Lipinski definition) is 1. The largest absolute Gasteiger partial charge is 0.482 e. The summed E-state index contributed by atoms with van der Waals surface area (Å²) in [6.07, 6.45) is -0.0876. The van der Waals surface area contributed by atoms with E-state index in [0.717, 1.165) is 0 Å². The summed E-state index contributed by atoms with van der Waals surface area (Å²) in [5.74, 6) is 0.127. The summed E-state index contributed by atoms with van der Waals surface area (Å²) >= 11 is 5.90. The van der Waals surface area contributed by atoms with Crippen LogP contribution in [-0.4, -0.2) is 25.9 Å². The molecule has 88 valence electrons. The predicted octanol–water partition coefficient (Wildman–Crippen LogP) is 2.69. The fourth-order valence-electron chi connectivity index (χ4n) is 1.59. The van der Waals surface area contributed by atoms with Crippen molar-refractivity contribution in [2.75, 3.05) is 25.1 Å². The molecule has 1 aromatic carbocycles. The SMILES string of the molecule is CCOCC1CNc2cc(F)cc(Cl)c2O1. The molecular weight excluding hydrogens is 233 g/mol. The number of hydrogen-bond acceptors (Lipinski definition) is 3. The van der Waals surface area contributed by atoms with E-state index in [1.165, 1.54) is 12.1 Å². The minimum atomic E-state index is -0.372. The van der Waals surface area contributed by atoms with Gasteiger partial charge in [0.25, 0.3) is 0 Å². The van der Waals surface area contributed by atoms with E-state index in [-0.39, 0.29) is 16.9 Å². The van der Waals surface area contributed by atoms with E-state index >= 15 is 0 Å². The van der Waals surface area contributed by atoms with Gasteiger partial charge in [-0.05, 0) is 13.0 Å². The summed E-state index contributed by atoms with van der Waals surface area (Å²) in [5, 5.41) is 3.36. The molecule has 1 atom stereocenters. The van der Waals surface area contributed by atoms with Crippen molar-refractivity contribution in [1.29, 1.82) is 0 Å². The van der Waals surface area contributed by atoms with Crippen molar-refractivity contribution in [2.45, 2.75) is 13.0 Å². The van der Waals surface area contributed by atoms with Crippen LogP contribution in [0.2, 0.25) is 5.02 Å². The Kier molecular flexibility index (Phi) is 3.51. The Bertz CT molecular complexity index is 386. The second-order valence-electron chi connectivity index (χ2n) is 3.54. The van der Waals surface area contributed by atoms with E-state index in [1.54, 1.807) is 0 Å². The lowest BCUT2D eigenvalue weighted by molar-refractivity contribution is 0.0599. The second-order valence-corrected chi connectivity index (χ2v) is 3.95. The van der Waals surface area contributed by atoms with Crippen LogP contribution in [0.4, 0.5) is 10.1 Å². The third kappa shape index (κ3) is 2.39. The molecular formula is C11H13ClFNO2. The number of nitrogens with one attached hydrogen (secondary N) is 1. The van der Waals surface area contributed by atoms with Gasteiger partial charge in [-0.1, -0.05) is 11.6 Å². The van der Waals surface area contributed by atoms with Crippen molar-refractivity contribution < 1.29 is 13.9 Å². The molecule has 1 aromatic rings. The molecule has 1 aliphatic heterocycles. The van der Waals surface area contributed by atoms with Crippen LogP contribution in [-0.2, 0) is 4.74 Å². The fourth-order valence-corrected chi connectivity index (χ4v) is 1.84. The number of rotatable bonds is 3. The summed E-state index contributed by atoms with van der Waals surface area (Å²) < 4.78 is 24.0. The molecule has 0 amide bonds. The van der Waals surface area contributed by atoms with Crippen LogP contribution < -0.4 is 10.1 Å². The van der Waals surface area contributed by atoms with Crippen LogP contribution in [0.25, 0.3) is 0 Å². The van der Waals surface area contributed by atoms with E-state index in [9.17, 15) is 4.39 Å². The first-order valence-electron chi connectivity index (χ1n) is 5.18. The van der Waals surface area contributed by atoms with E-state index < -0.39 is 0 Å². The van der Waals surface area contributed by atoms with Crippen molar-refractivity contribution >= 4 is 17.3 Å². The topological polar surface area (TPSA) is 30.5 Å². The van der Waals surface area contributed by atoms with Crippen molar-refractivity contribution in [3.8, 4) is 5.75 Å². The zero-order valence-electron chi connectivity index (χ0n) is 8.93. The number of fused-ring (bicyclic) bond motifs is 1. The molecule has 1 aliphatic rings. The Morgan fingerprint density at radius 2 is 2.44 bits per heavy atom. The normalized spacial score (nSPS) is 18.6. The van der Waals surface area contributed by atoms with Crippen LogP contribution in [0.1, 0.15) is 6.92 Å². The van der Waals surface area contributed by atoms with Crippen LogP contribution in [0.5, 0.6) is 5.75 Å². The van der Waals surface area contributed by atoms with E-state index in [2.05, 4.69) is 5.32 Å². The maximum Gasteiger partial charge on any atom is 0.161 e. The lowest BCUT2D eigenvalue weighted by Crippen LogP contribution is -2.35. The van der Waals surface area contributed by atoms with Crippen molar-refractivity contribution in [1.82, 2.24) is 0 Å². The minimum Gasteiger partial charge on any atom is -0.482 e. The predicted molar refractivity (Wildman–Crippen MR) is 60.8 cm³/mol. The molecule has 0 bridgehead atoms. The highest BCUT2D eigenvalue weighted by molar-refractivity contribution is 6.32.